The van der Waals surface area contributed by atoms with E-state index in [1.54, 1.807) is 50.5 Å². The number of aliphatic hydroxyl groups excluding tert-OH is 1. The number of carbonyl (C=O) groups excluding carboxylic acids is 3. The minimum Gasteiger partial charge on any atom is -0.494 e. The van der Waals surface area contributed by atoms with Gasteiger partial charge in [0.2, 0.25) is 0 Å². The van der Waals surface area contributed by atoms with Crippen LogP contribution in [-0.4, -0.2) is 270 Å². The predicted molar refractivity (Wildman–Crippen MR) is 508 cm³/mol. The van der Waals surface area contributed by atoms with Gasteiger partial charge in [-0.2, -0.15) is 23.7 Å². The largest absolute Gasteiger partial charge is 0.494 e. The second-order valence-electron chi connectivity index (χ2n) is 38.7. The quantitative estimate of drug-likeness (QED) is 0.0149. The molecule has 0 bridgehead atoms. The number of allylic oxidation sites excluding steroid dienone is 2. The Hall–Kier alpha value is -12.3. The number of benzene rings is 3. The van der Waals surface area contributed by atoms with Crippen molar-refractivity contribution in [3.05, 3.63) is 185 Å². The van der Waals surface area contributed by atoms with E-state index in [9.17, 15) is 40.4 Å². The Morgan fingerprint density at radius 1 is 0.500 bits per heavy atom. The summed E-state index contributed by atoms with van der Waals surface area (Å²) in [6.45, 7) is 33.4. The highest BCUT2D eigenvalue weighted by molar-refractivity contribution is 7.86. The number of hydrogen-bond acceptors (Lipinski definition) is 25. The fraction of sp³-hybridized carbons (Fsp3) is 0.474. The number of amides is 3. The molecule has 0 saturated carbocycles. The molecule has 41 heteroatoms. The Labute approximate surface area is 799 Å². The highest BCUT2D eigenvalue weighted by atomic mass is 32.2. The summed E-state index contributed by atoms with van der Waals surface area (Å²) in [7, 11) is 3.30. The van der Waals surface area contributed by atoms with Crippen LogP contribution >= 0.6 is 0 Å². The molecule has 1 aliphatic carbocycles. The number of aliphatic hydroxyl groups is 1. The van der Waals surface area contributed by atoms with Gasteiger partial charge in [-0.05, 0) is 110 Å². The number of methoxy groups -OCH3 is 6. The molecule has 0 atom stereocenters. The summed E-state index contributed by atoms with van der Waals surface area (Å²) < 4.78 is 177. The Morgan fingerprint density at radius 2 is 0.913 bits per heavy atom. The van der Waals surface area contributed by atoms with Crippen molar-refractivity contribution in [3.8, 4) is 67.9 Å². The summed E-state index contributed by atoms with van der Waals surface area (Å²) in [4.78, 5) is 58.8. The molecule has 5 aliphatic heterocycles. The van der Waals surface area contributed by atoms with Crippen molar-refractivity contribution in [1.82, 2.24) is 78.8 Å². The second kappa shape index (κ2) is 43.0. The molecule has 33 nitrogen and oxygen atoms in total. The Balaban J connectivity index is 0.000000155. The monoisotopic (exact) mass is 1960 g/mol. The molecular formula is C97H122F6N16O17SSi. The third-order valence-corrected chi connectivity index (χ3v) is 25.8. The van der Waals surface area contributed by atoms with Crippen molar-refractivity contribution in [1.29, 1.82) is 0 Å². The molecular weight excluding hydrogens is 1840 g/mol. The SMILES string of the molecule is CC(C)(C)OC(=O)N1CC(O)C1.CC(C)(C)OC(=O)N1CC(OS(C)(=O)=O)C1.CCN1CC(n2cc(-c3cnc4[nH]cc(Cc5c(F)c(OC)cc(OC)c5F)c4c3)cn2)C1.COc1cc(OC)c(F)c(CC2=CCc3ncc(-c4cnn(C5CNC5)c4)cc32)c1F.COc1cc(OC)c(F)c(Cc2cn(COCC[Si](C)(C)C)c3ncc(-c4cnn(C5CN(C(=O)OC(C)(C)C)C5)c4)cc23)c1F. The summed E-state index contributed by atoms with van der Waals surface area (Å²) in [6, 6.07) is 11.4. The van der Waals surface area contributed by atoms with Gasteiger partial charge in [0.05, 0.1) is 124 Å². The maximum absolute atomic E-state index is 15.4. The summed E-state index contributed by atoms with van der Waals surface area (Å²) in [5.74, 6) is -4.87. The van der Waals surface area contributed by atoms with Gasteiger partial charge in [0, 0.05) is 214 Å². The van der Waals surface area contributed by atoms with Crippen molar-refractivity contribution in [2.24, 2.45) is 0 Å². The van der Waals surface area contributed by atoms with Crippen LogP contribution in [0, 0.1) is 34.9 Å². The number of aromatic nitrogens is 11. The summed E-state index contributed by atoms with van der Waals surface area (Å²) in [5, 5.41) is 27.2. The van der Waals surface area contributed by atoms with Gasteiger partial charge in [-0.3, -0.25) is 28.1 Å². The lowest BCUT2D eigenvalue weighted by Gasteiger charge is -2.39. The number of rotatable bonds is 26. The lowest BCUT2D eigenvalue weighted by molar-refractivity contribution is -0.0303. The van der Waals surface area contributed by atoms with Crippen LogP contribution in [0.4, 0.5) is 40.7 Å². The highest BCUT2D eigenvalue weighted by Crippen LogP contribution is 2.42. The first-order chi connectivity index (χ1) is 65.2. The highest BCUT2D eigenvalue weighted by Gasteiger charge is 2.40. The van der Waals surface area contributed by atoms with Gasteiger partial charge in [0.15, 0.2) is 69.4 Å². The standard InChI is InChI=1S/C33H43F2N5O5Si.C24H25F2N5O2.C23H22F2N4O2.C9H17NO5S.C8H15NO3/c1-33(2,3)45-32(41)38-18-24(19-38)40-17-23(15-37-40)21-11-25-22(12-26-29(34)27(42-4)13-28(43-5)30(26)35)16-39(31(25)36-14-21)20-44-9-10-46(6,7)8;1-4-30-12-17(13-30)31-11-16(10-29-31)14-5-18-15(9-28-24(18)27-8-14)6-19-22(25)20(32-2)7-21(33-3)23(19)26;1-30-20-7-21(31-2)23(25)18(22(20)24)5-13-3-4-19-17(13)6-14(8-27-19)15-9-28-29(12-15)16-10-26-11-16;1-9(2,3)14-8(11)10-5-7(6-10)15-16(4,12)13;1-8(2,3)12-7(11)9-4-6(10)5-9/h11,13-17,24H,9-10,12,18-20H2,1-8H3;5,7-11,17H,4,6,12-13H2,1-3H3,(H,27,28);3,6-9,12,16,26H,4-5,10-11H2,1-2H3;7H,5-6H2,1-4H3;6,10H,4-5H2,1-3H3. The number of aromatic amines is 1. The van der Waals surface area contributed by atoms with Gasteiger partial charge in [-0.25, -0.2) is 50.7 Å². The third kappa shape index (κ3) is 25.2. The fourth-order valence-corrected chi connectivity index (χ4v) is 17.1. The average molecular weight is 1960 g/mol. The zero-order valence-electron chi connectivity index (χ0n) is 81.4. The molecule has 0 unspecified atom stereocenters. The Bertz CT molecular complexity index is 6270. The summed E-state index contributed by atoms with van der Waals surface area (Å²) in [5.41, 5.74) is 8.77. The van der Waals surface area contributed by atoms with E-state index in [0.29, 0.717) is 68.1 Å². The molecule has 11 aromatic rings. The number of hydrogen-bond donors (Lipinski definition) is 3. The van der Waals surface area contributed by atoms with Crippen LogP contribution in [0.2, 0.25) is 25.7 Å². The number of likely N-dealkylation sites (tertiary alicyclic amines) is 4. The topological polar surface area (TPSA) is 345 Å². The van der Waals surface area contributed by atoms with Crippen molar-refractivity contribution < 1.29 is 106 Å². The van der Waals surface area contributed by atoms with E-state index >= 15 is 8.78 Å². The molecule has 0 spiro atoms. The molecule has 5 fully saturated rings. The number of pyridine rings is 3. The number of likely N-dealkylation sites (N-methyl/N-ethyl adjacent to an activating group) is 1. The summed E-state index contributed by atoms with van der Waals surface area (Å²) >= 11 is 0. The molecule has 17 rings (SSSR count). The molecule has 8 aromatic heterocycles. The van der Waals surface area contributed by atoms with Crippen molar-refractivity contribution in [2.45, 2.75) is 174 Å². The smallest absolute Gasteiger partial charge is 0.410 e. The van der Waals surface area contributed by atoms with Crippen LogP contribution < -0.4 is 33.7 Å². The molecule has 3 amide bonds. The first kappa shape index (κ1) is 103. The lowest BCUT2D eigenvalue weighted by Crippen LogP contribution is -2.56. The van der Waals surface area contributed by atoms with Gasteiger partial charge in [0.1, 0.15) is 40.9 Å². The molecule has 13 heterocycles. The van der Waals surface area contributed by atoms with E-state index in [-0.39, 0.29) is 115 Å². The van der Waals surface area contributed by atoms with Gasteiger partial charge in [0.25, 0.3) is 10.1 Å². The van der Waals surface area contributed by atoms with E-state index in [1.807, 2.05) is 128 Å². The Kier molecular flexibility index (Phi) is 32.1. The van der Waals surface area contributed by atoms with Crippen molar-refractivity contribution in [2.75, 3.05) is 128 Å². The average Bonchev–Trinajstić information content (AvgIpc) is 1.61. The summed E-state index contributed by atoms with van der Waals surface area (Å²) in [6.07, 6.45) is 22.0. The van der Waals surface area contributed by atoms with Crippen LogP contribution in [-0.2, 0) is 65.7 Å². The number of halogens is 6. The van der Waals surface area contributed by atoms with Gasteiger partial charge < -0.3 is 82.0 Å². The number of fused-ring (bicyclic) bond motifs is 3. The predicted octanol–water partition coefficient (Wildman–Crippen LogP) is 15.8. The zero-order valence-corrected chi connectivity index (χ0v) is 83.2. The normalized spacial score (nSPS) is 15.4. The zero-order chi connectivity index (χ0) is 99.9. The number of H-pyrrole nitrogens is 1. The Morgan fingerprint density at radius 3 is 1.34 bits per heavy atom. The second-order valence-corrected chi connectivity index (χ2v) is 45.9. The van der Waals surface area contributed by atoms with Gasteiger partial charge >= 0.3 is 18.3 Å². The van der Waals surface area contributed by atoms with Gasteiger partial charge in [-0.15, -0.1) is 0 Å². The minimum absolute atomic E-state index is 0.0184. The molecule has 138 heavy (non-hydrogen) atoms. The number of β-amino-alcohol motifs (C(OH)–C–C–N with tert-alkyl or cyclic N) is 1. The van der Waals surface area contributed by atoms with Crippen LogP contribution in [0.15, 0.2) is 111 Å². The molecule has 3 N–H and O–H groups in total. The fourth-order valence-electron chi connectivity index (χ4n) is 15.7. The molecule has 744 valence electrons. The molecule has 5 saturated heterocycles. The third-order valence-electron chi connectivity index (χ3n) is 23.5. The number of ether oxygens (including phenoxy) is 10. The molecule has 6 aliphatic rings. The molecule has 0 radical (unpaired) electrons. The van der Waals surface area contributed by atoms with Crippen LogP contribution in [0.25, 0.3) is 61.0 Å². The van der Waals surface area contributed by atoms with E-state index in [2.05, 4.69) is 67.0 Å². The number of carbonyl (C=O) groups is 3. The van der Waals surface area contributed by atoms with E-state index < -0.39 is 82.1 Å². The van der Waals surface area contributed by atoms with E-state index in [4.69, 9.17) is 61.6 Å². The number of nitrogens with one attached hydrogen (secondary N) is 2. The number of nitrogens with zero attached hydrogens (tertiary/aromatic N) is 14. The minimum atomic E-state index is -3.45. The molecule has 3 aromatic carbocycles. The van der Waals surface area contributed by atoms with Crippen LogP contribution in [0.1, 0.15) is 126 Å². The maximum Gasteiger partial charge on any atom is 0.410 e. The maximum atomic E-state index is 15.4. The first-order valence-electron chi connectivity index (χ1n) is 45.3. The lowest BCUT2D eigenvalue weighted by atomic mass is 9.97. The van der Waals surface area contributed by atoms with Crippen molar-refractivity contribution in [3.63, 3.8) is 0 Å². The van der Waals surface area contributed by atoms with Crippen LogP contribution in [0.3, 0.4) is 0 Å². The van der Waals surface area contributed by atoms with Gasteiger partial charge in [-0.1, -0.05) is 32.6 Å². The van der Waals surface area contributed by atoms with Crippen molar-refractivity contribution >= 4 is 64.1 Å². The van der Waals surface area contributed by atoms with Crippen LogP contribution in [0.5, 0.6) is 34.5 Å². The first-order valence-corrected chi connectivity index (χ1v) is 50.8. The van der Waals surface area contributed by atoms with E-state index in [0.717, 1.165) is 112 Å². The van der Waals surface area contributed by atoms with E-state index in [1.165, 1.54) is 70.7 Å².